The molecule has 1 aromatic rings. The van der Waals surface area contributed by atoms with Crippen LogP contribution >= 0.6 is 0 Å². The fourth-order valence-corrected chi connectivity index (χ4v) is 2.81. The molecule has 0 saturated carbocycles. The summed E-state index contributed by atoms with van der Waals surface area (Å²) in [5, 5.41) is 9.47. The Morgan fingerprint density at radius 1 is 1.18 bits per heavy atom. The number of hydrogen-bond acceptors (Lipinski definition) is 3. The van der Waals surface area contributed by atoms with Crippen molar-refractivity contribution in [3.8, 4) is 0 Å². The minimum atomic E-state index is -0.980. The van der Waals surface area contributed by atoms with Crippen LogP contribution in [0.15, 0.2) is 30.3 Å². The van der Waals surface area contributed by atoms with Crippen LogP contribution in [-0.4, -0.2) is 33.7 Å². The third kappa shape index (κ3) is 3.78. The van der Waals surface area contributed by atoms with E-state index in [1.165, 1.54) is 4.90 Å². The maximum atomic E-state index is 12.6. The quantitative estimate of drug-likeness (QED) is 0.906. The molecule has 2 atom stereocenters. The van der Waals surface area contributed by atoms with E-state index in [9.17, 15) is 14.7 Å². The normalized spacial score (nSPS) is 22.2. The first-order chi connectivity index (χ1) is 10.3. The molecule has 120 valence electrons. The van der Waals surface area contributed by atoms with Gasteiger partial charge in [0.25, 0.3) is 0 Å². The predicted molar refractivity (Wildman–Crippen MR) is 82.5 cm³/mol. The summed E-state index contributed by atoms with van der Waals surface area (Å²) in [5.41, 5.74) is 0.290. The lowest BCUT2D eigenvalue weighted by molar-refractivity contribution is -0.145. The van der Waals surface area contributed by atoms with E-state index < -0.39 is 23.7 Å². The molecular weight excluding hydrogens is 282 g/mol. The molecule has 1 heterocycles. The number of nitrogens with zero attached hydrogens (tertiary/aromatic N) is 1. The Morgan fingerprint density at radius 2 is 1.82 bits per heavy atom. The number of carboxylic acids is 1. The van der Waals surface area contributed by atoms with Gasteiger partial charge in [0.1, 0.15) is 11.6 Å². The van der Waals surface area contributed by atoms with Gasteiger partial charge in [-0.05, 0) is 45.6 Å². The van der Waals surface area contributed by atoms with Gasteiger partial charge < -0.3 is 9.84 Å². The Bertz CT molecular complexity index is 535. The molecule has 0 aliphatic carbocycles. The molecule has 0 radical (unpaired) electrons. The molecule has 22 heavy (non-hydrogen) atoms. The number of aliphatic carboxylic acids is 1. The molecule has 0 bridgehead atoms. The average Bonchev–Trinajstić information content (AvgIpc) is 2.45. The fourth-order valence-electron chi connectivity index (χ4n) is 2.81. The first-order valence-corrected chi connectivity index (χ1v) is 7.58. The molecule has 0 spiro atoms. The minimum absolute atomic E-state index is 0.258. The van der Waals surface area contributed by atoms with Gasteiger partial charge in [-0.2, -0.15) is 0 Å². The van der Waals surface area contributed by atoms with Crippen LogP contribution in [0.3, 0.4) is 0 Å². The molecule has 1 aliphatic rings. The van der Waals surface area contributed by atoms with Gasteiger partial charge in [0, 0.05) is 0 Å². The monoisotopic (exact) mass is 305 g/mol. The van der Waals surface area contributed by atoms with E-state index in [2.05, 4.69) is 0 Å². The topological polar surface area (TPSA) is 66.8 Å². The summed E-state index contributed by atoms with van der Waals surface area (Å²) in [5.74, 6) is -0.980. The van der Waals surface area contributed by atoms with Crippen LogP contribution in [0.1, 0.15) is 51.6 Å². The van der Waals surface area contributed by atoms with Crippen molar-refractivity contribution in [3.05, 3.63) is 35.9 Å². The Morgan fingerprint density at radius 3 is 2.36 bits per heavy atom. The Hall–Kier alpha value is -2.04. The van der Waals surface area contributed by atoms with E-state index in [1.807, 2.05) is 30.3 Å². The average molecular weight is 305 g/mol. The van der Waals surface area contributed by atoms with Gasteiger partial charge in [-0.3, -0.25) is 4.90 Å². The first kappa shape index (κ1) is 16.3. The number of carbonyl (C=O) groups excluding carboxylic acids is 1. The molecule has 0 aromatic heterocycles. The number of amides is 1. The van der Waals surface area contributed by atoms with E-state index in [0.717, 1.165) is 18.4 Å². The molecule has 5 nitrogen and oxygen atoms in total. The second-order valence-electron chi connectivity index (χ2n) is 6.60. The van der Waals surface area contributed by atoms with Crippen molar-refractivity contribution in [1.29, 1.82) is 0 Å². The highest BCUT2D eigenvalue weighted by Crippen LogP contribution is 2.35. The Kier molecular flexibility index (Phi) is 4.74. The number of likely N-dealkylation sites (tertiary alicyclic amines) is 1. The Labute approximate surface area is 130 Å². The van der Waals surface area contributed by atoms with Crippen LogP contribution in [0.4, 0.5) is 4.79 Å². The second-order valence-corrected chi connectivity index (χ2v) is 6.60. The molecule has 1 aliphatic heterocycles. The lowest BCUT2D eigenvalue weighted by Gasteiger charge is -2.40. The Balaban J connectivity index is 2.33. The van der Waals surface area contributed by atoms with Crippen molar-refractivity contribution in [2.45, 2.75) is 57.7 Å². The number of carbonyl (C=O) groups is 2. The van der Waals surface area contributed by atoms with Crippen LogP contribution < -0.4 is 0 Å². The summed E-state index contributed by atoms with van der Waals surface area (Å²) >= 11 is 0. The fraction of sp³-hybridized carbons (Fsp3) is 0.529. The maximum absolute atomic E-state index is 12.6. The highest BCUT2D eigenvalue weighted by Gasteiger charge is 2.40. The van der Waals surface area contributed by atoms with Gasteiger partial charge in [-0.1, -0.05) is 30.3 Å². The molecular formula is C17H23NO4. The lowest BCUT2D eigenvalue weighted by Crippen LogP contribution is -2.51. The van der Waals surface area contributed by atoms with Crippen LogP contribution in [0.25, 0.3) is 0 Å². The number of piperidine rings is 1. The van der Waals surface area contributed by atoms with Crippen LogP contribution in [-0.2, 0) is 9.53 Å². The minimum Gasteiger partial charge on any atom is -0.480 e. The van der Waals surface area contributed by atoms with Gasteiger partial charge in [-0.15, -0.1) is 0 Å². The van der Waals surface area contributed by atoms with E-state index in [1.54, 1.807) is 20.8 Å². The van der Waals surface area contributed by atoms with E-state index in [0.29, 0.717) is 6.42 Å². The second kappa shape index (κ2) is 6.38. The van der Waals surface area contributed by atoms with Crippen molar-refractivity contribution in [2.75, 3.05) is 0 Å². The van der Waals surface area contributed by atoms with Crippen LogP contribution in [0.5, 0.6) is 0 Å². The summed E-state index contributed by atoms with van der Waals surface area (Å²) in [6.07, 6.45) is 1.41. The van der Waals surface area contributed by atoms with Gasteiger partial charge in [0.05, 0.1) is 6.04 Å². The highest BCUT2D eigenvalue weighted by molar-refractivity contribution is 5.80. The third-order valence-electron chi connectivity index (χ3n) is 3.70. The van der Waals surface area contributed by atoms with Crippen molar-refractivity contribution in [3.63, 3.8) is 0 Å². The predicted octanol–water partition coefficient (Wildman–Crippen LogP) is 3.60. The standard InChI is InChI=1S/C17H23NO4/c1-17(2,3)22-16(21)18-13(12-8-5-4-6-9-12)10-7-11-14(18)15(19)20/h4-6,8-9,13-14H,7,10-11H2,1-3H3,(H,19,20). The lowest BCUT2D eigenvalue weighted by atomic mass is 9.91. The van der Waals surface area contributed by atoms with Crippen molar-refractivity contribution in [2.24, 2.45) is 0 Å². The summed E-state index contributed by atoms with van der Waals surface area (Å²) < 4.78 is 5.43. The number of hydrogen-bond donors (Lipinski definition) is 1. The van der Waals surface area contributed by atoms with Crippen molar-refractivity contribution in [1.82, 2.24) is 4.90 Å². The molecule has 1 amide bonds. The molecule has 1 saturated heterocycles. The first-order valence-electron chi connectivity index (χ1n) is 7.58. The van der Waals surface area contributed by atoms with Crippen molar-refractivity contribution >= 4 is 12.1 Å². The van der Waals surface area contributed by atoms with Gasteiger partial charge in [0.15, 0.2) is 0 Å². The number of rotatable bonds is 2. The van der Waals surface area contributed by atoms with Gasteiger partial charge >= 0.3 is 12.1 Å². The van der Waals surface area contributed by atoms with Gasteiger partial charge in [0.2, 0.25) is 0 Å². The molecule has 1 fully saturated rings. The summed E-state index contributed by atoms with van der Waals surface area (Å²) in [4.78, 5) is 25.5. The van der Waals surface area contributed by atoms with Crippen LogP contribution in [0, 0.1) is 0 Å². The van der Waals surface area contributed by atoms with Gasteiger partial charge in [-0.25, -0.2) is 9.59 Å². The van der Waals surface area contributed by atoms with E-state index in [4.69, 9.17) is 4.74 Å². The molecule has 2 unspecified atom stereocenters. The zero-order valence-electron chi connectivity index (χ0n) is 13.3. The number of benzene rings is 1. The number of carboxylic acid groups (broad SMARTS) is 1. The largest absolute Gasteiger partial charge is 0.480 e. The highest BCUT2D eigenvalue weighted by atomic mass is 16.6. The van der Waals surface area contributed by atoms with Crippen LogP contribution in [0.2, 0.25) is 0 Å². The van der Waals surface area contributed by atoms with E-state index in [-0.39, 0.29) is 6.04 Å². The zero-order valence-corrected chi connectivity index (χ0v) is 13.3. The third-order valence-corrected chi connectivity index (χ3v) is 3.70. The summed E-state index contributed by atoms with van der Waals surface area (Å²) in [6, 6.07) is 8.44. The molecule has 1 N–H and O–H groups in total. The SMILES string of the molecule is CC(C)(C)OC(=O)N1C(C(=O)O)CCCC1c1ccccc1. The van der Waals surface area contributed by atoms with E-state index >= 15 is 0 Å². The maximum Gasteiger partial charge on any atom is 0.411 e. The summed E-state index contributed by atoms with van der Waals surface area (Å²) in [7, 11) is 0. The zero-order chi connectivity index (χ0) is 16.3. The smallest absolute Gasteiger partial charge is 0.411 e. The molecule has 2 rings (SSSR count). The molecule has 5 heteroatoms. The summed E-state index contributed by atoms with van der Waals surface area (Å²) in [6.45, 7) is 5.34. The molecule has 1 aromatic carbocycles. The number of ether oxygens (including phenoxy) is 1. The van der Waals surface area contributed by atoms with Crippen molar-refractivity contribution < 1.29 is 19.4 Å².